The van der Waals surface area contributed by atoms with Gasteiger partial charge in [0.1, 0.15) is 0 Å². The fourth-order valence-electron chi connectivity index (χ4n) is 1.83. The van der Waals surface area contributed by atoms with Crippen LogP contribution in [0.4, 0.5) is 0 Å². The van der Waals surface area contributed by atoms with Crippen LogP contribution in [0.15, 0.2) is 17.1 Å². The van der Waals surface area contributed by atoms with Crippen molar-refractivity contribution in [2.45, 2.75) is 31.7 Å². The number of hydrazine groups is 1. The normalized spacial score (nSPS) is 18.4. The van der Waals surface area contributed by atoms with Crippen LogP contribution in [0.25, 0.3) is 0 Å². The predicted molar refractivity (Wildman–Crippen MR) is 65.4 cm³/mol. The molecular weight excluding hydrogens is 230 g/mol. The summed E-state index contributed by atoms with van der Waals surface area (Å²) in [6, 6.07) is 4.24. The van der Waals surface area contributed by atoms with Gasteiger partial charge in [0, 0.05) is 0 Å². The van der Waals surface area contributed by atoms with Crippen LogP contribution < -0.4 is 11.3 Å². The first kappa shape index (κ1) is 10.9. The summed E-state index contributed by atoms with van der Waals surface area (Å²) >= 11 is 7.37. The van der Waals surface area contributed by atoms with E-state index in [-0.39, 0.29) is 0 Å². The largest absolute Gasteiger partial charge is 0.308 e. The molecule has 0 unspecified atom stereocenters. The zero-order chi connectivity index (χ0) is 10.7. The van der Waals surface area contributed by atoms with Crippen molar-refractivity contribution in [2.75, 3.05) is 0 Å². The van der Waals surface area contributed by atoms with Crippen LogP contribution in [-0.2, 0) is 0 Å². The second kappa shape index (κ2) is 4.96. The molecule has 0 amide bonds. The fraction of sp³-hybridized carbons (Fsp3) is 0.500. The maximum atomic E-state index is 5.87. The summed E-state index contributed by atoms with van der Waals surface area (Å²) in [4.78, 5) is 5.62. The number of hydrogen-bond donors (Lipinski definition) is 2. The van der Waals surface area contributed by atoms with Gasteiger partial charge in [0.05, 0.1) is 15.3 Å². The molecule has 0 aromatic carbocycles. The lowest BCUT2D eigenvalue weighted by molar-refractivity contribution is 0.701. The maximum absolute atomic E-state index is 5.87. The molecule has 1 heterocycles. The third kappa shape index (κ3) is 2.71. The number of nitrogens with zero attached hydrogens (tertiary/aromatic N) is 1. The lowest BCUT2D eigenvalue weighted by atomic mass is 10.2. The Morgan fingerprint density at radius 3 is 2.73 bits per heavy atom. The minimum Gasteiger partial charge on any atom is -0.308 e. The predicted octanol–water partition coefficient (Wildman–Crippen LogP) is 2.55. The lowest BCUT2D eigenvalue weighted by Crippen LogP contribution is -2.31. The van der Waals surface area contributed by atoms with E-state index in [9.17, 15) is 0 Å². The van der Waals surface area contributed by atoms with E-state index >= 15 is 0 Å². The molecule has 3 N–H and O–H groups in total. The Bertz CT molecular complexity index is 355. The molecule has 5 heteroatoms. The number of nitrogens with two attached hydrogens (primary N) is 1. The fourth-order valence-corrected chi connectivity index (χ4v) is 2.83. The van der Waals surface area contributed by atoms with Gasteiger partial charge in [-0.25, -0.2) is 5.84 Å². The minimum atomic E-state index is 0.428. The molecule has 0 bridgehead atoms. The minimum absolute atomic E-state index is 0.428. The highest BCUT2D eigenvalue weighted by Gasteiger charge is 2.15. The monoisotopic (exact) mass is 243 g/mol. The quantitative estimate of drug-likeness (QED) is 0.363. The Balaban J connectivity index is 2.15. The zero-order valence-corrected chi connectivity index (χ0v) is 9.94. The molecular formula is C10H14ClN3S. The van der Waals surface area contributed by atoms with Crippen molar-refractivity contribution in [3.63, 3.8) is 0 Å². The van der Waals surface area contributed by atoms with E-state index < -0.39 is 0 Å². The summed E-state index contributed by atoms with van der Waals surface area (Å²) in [6.45, 7) is 0. The Labute approximate surface area is 98.3 Å². The molecule has 1 aliphatic rings. The number of thiophene rings is 1. The van der Waals surface area contributed by atoms with Crippen LogP contribution in [-0.4, -0.2) is 11.9 Å². The van der Waals surface area contributed by atoms with Gasteiger partial charge < -0.3 is 5.43 Å². The Morgan fingerprint density at radius 2 is 2.20 bits per heavy atom. The average Bonchev–Trinajstić information content (AvgIpc) is 2.85. The number of nitrogens with one attached hydrogen (secondary N) is 1. The van der Waals surface area contributed by atoms with Crippen LogP contribution in [0.3, 0.4) is 0 Å². The van der Waals surface area contributed by atoms with Gasteiger partial charge in [-0.15, -0.1) is 11.3 Å². The van der Waals surface area contributed by atoms with E-state index in [0.717, 1.165) is 15.0 Å². The number of hydrogen-bond acceptors (Lipinski definition) is 3. The van der Waals surface area contributed by atoms with Crippen LogP contribution in [0.1, 0.15) is 30.6 Å². The first-order chi connectivity index (χ1) is 7.29. The molecule has 1 aromatic rings. The van der Waals surface area contributed by atoms with Crippen molar-refractivity contribution in [1.29, 1.82) is 0 Å². The SMILES string of the molecule is NNC(=NC1CCCC1)c1ccc(Cl)s1. The zero-order valence-electron chi connectivity index (χ0n) is 8.37. The maximum Gasteiger partial charge on any atom is 0.153 e. The Morgan fingerprint density at radius 1 is 1.47 bits per heavy atom. The van der Waals surface area contributed by atoms with Gasteiger partial charge in [-0.2, -0.15) is 0 Å². The van der Waals surface area contributed by atoms with Gasteiger partial charge in [-0.05, 0) is 25.0 Å². The summed E-state index contributed by atoms with van der Waals surface area (Å²) in [5.74, 6) is 6.24. The summed E-state index contributed by atoms with van der Waals surface area (Å²) in [6.07, 6.45) is 4.89. The Hall–Kier alpha value is -0.580. The molecule has 0 atom stereocenters. The van der Waals surface area contributed by atoms with Gasteiger partial charge in [0.25, 0.3) is 0 Å². The molecule has 1 fully saturated rings. The molecule has 0 saturated heterocycles. The summed E-state index contributed by atoms with van der Waals surface area (Å²) < 4.78 is 0.763. The number of halogens is 1. The molecule has 82 valence electrons. The molecule has 3 nitrogen and oxygen atoms in total. The van der Waals surface area contributed by atoms with E-state index in [2.05, 4.69) is 10.4 Å². The third-order valence-electron chi connectivity index (χ3n) is 2.58. The summed E-state index contributed by atoms with van der Waals surface area (Å²) in [7, 11) is 0. The van der Waals surface area contributed by atoms with Crippen LogP contribution in [0, 0.1) is 0 Å². The highest BCUT2D eigenvalue weighted by molar-refractivity contribution is 7.18. The first-order valence-corrected chi connectivity index (χ1v) is 6.29. The lowest BCUT2D eigenvalue weighted by Gasteiger charge is -2.07. The molecule has 1 aliphatic carbocycles. The standard InChI is InChI=1S/C10H14ClN3S/c11-9-6-5-8(15-9)10(14-12)13-7-3-1-2-4-7/h5-7H,1-4,12H2,(H,13,14). The molecule has 1 saturated carbocycles. The highest BCUT2D eigenvalue weighted by atomic mass is 35.5. The van der Waals surface area contributed by atoms with Gasteiger partial charge in [-0.1, -0.05) is 24.4 Å². The molecule has 15 heavy (non-hydrogen) atoms. The summed E-state index contributed by atoms with van der Waals surface area (Å²) in [5.41, 5.74) is 2.66. The smallest absolute Gasteiger partial charge is 0.153 e. The Kier molecular flexibility index (Phi) is 3.61. The van der Waals surface area contributed by atoms with Crippen LogP contribution in [0.2, 0.25) is 4.34 Å². The van der Waals surface area contributed by atoms with E-state index in [4.69, 9.17) is 17.4 Å². The second-order valence-corrected chi connectivity index (χ2v) is 5.38. The number of amidine groups is 1. The van der Waals surface area contributed by atoms with E-state index in [1.54, 1.807) is 0 Å². The molecule has 1 aromatic heterocycles. The van der Waals surface area contributed by atoms with Crippen molar-refractivity contribution < 1.29 is 0 Å². The van der Waals surface area contributed by atoms with Crippen LogP contribution in [0.5, 0.6) is 0 Å². The van der Waals surface area contributed by atoms with Gasteiger partial charge >= 0.3 is 0 Å². The topological polar surface area (TPSA) is 50.4 Å². The highest BCUT2D eigenvalue weighted by Crippen LogP contribution is 2.24. The molecule has 0 aliphatic heterocycles. The van der Waals surface area contributed by atoms with E-state index in [1.165, 1.54) is 37.0 Å². The average molecular weight is 244 g/mol. The van der Waals surface area contributed by atoms with Gasteiger partial charge in [0.2, 0.25) is 0 Å². The molecule has 0 spiro atoms. The van der Waals surface area contributed by atoms with Crippen LogP contribution >= 0.6 is 22.9 Å². The first-order valence-electron chi connectivity index (χ1n) is 5.09. The van der Waals surface area contributed by atoms with Crippen molar-refractivity contribution in [2.24, 2.45) is 10.8 Å². The van der Waals surface area contributed by atoms with Crippen molar-refractivity contribution >= 4 is 28.8 Å². The third-order valence-corrected chi connectivity index (χ3v) is 3.82. The molecule has 0 radical (unpaired) electrons. The van der Waals surface area contributed by atoms with Gasteiger partial charge in [0.15, 0.2) is 5.84 Å². The van der Waals surface area contributed by atoms with Crippen molar-refractivity contribution in [3.05, 3.63) is 21.3 Å². The van der Waals surface area contributed by atoms with E-state index in [0.29, 0.717) is 6.04 Å². The van der Waals surface area contributed by atoms with Gasteiger partial charge in [-0.3, -0.25) is 4.99 Å². The van der Waals surface area contributed by atoms with Crippen molar-refractivity contribution in [3.8, 4) is 0 Å². The number of aliphatic imine (C=N–C) groups is 1. The van der Waals surface area contributed by atoms with E-state index in [1.807, 2.05) is 12.1 Å². The van der Waals surface area contributed by atoms with Crippen molar-refractivity contribution in [1.82, 2.24) is 5.43 Å². The number of rotatable bonds is 2. The second-order valence-electron chi connectivity index (χ2n) is 3.66. The summed E-state index contributed by atoms with van der Waals surface area (Å²) in [5, 5.41) is 0. The molecule has 2 rings (SSSR count).